The van der Waals surface area contributed by atoms with Crippen molar-refractivity contribution in [2.75, 3.05) is 20.3 Å². The molecule has 0 saturated carbocycles. The number of aliphatic carboxylic acids is 1. The van der Waals surface area contributed by atoms with E-state index < -0.39 is 117 Å². The molecule has 0 unspecified atom stereocenters. The molecule has 0 aromatic rings. The van der Waals surface area contributed by atoms with Gasteiger partial charge in [0, 0.05) is 5.57 Å². The lowest BCUT2D eigenvalue weighted by atomic mass is 9.95. The first-order valence-corrected chi connectivity index (χ1v) is 14.5. The predicted molar refractivity (Wildman–Crippen MR) is 152 cm³/mol. The van der Waals surface area contributed by atoms with Gasteiger partial charge in [0.05, 0.1) is 37.8 Å². The fourth-order valence-corrected chi connectivity index (χ4v) is 4.86. The van der Waals surface area contributed by atoms with Crippen molar-refractivity contribution in [2.24, 2.45) is 0 Å². The molecule has 0 aliphatic carbocycles. The minimum absolute atomic E-state index is 0.219. The van der Waals surface area contributed by atoms with Gasteiger partial charge in [-0.15, -0.1) is 6.58 Å². The predicted octanol–water partition coefficient (Wildman–Crippen LogP) is -2.36. The fourth-order valence-electron chi connectivity index (χ4n) is 4.86. The number of esters is 2. The first kappa shape index (κ1) is 39.6. The molecule has 46 heavy (non-hydrogen) atoms. The molecule has 2 saturated heterocycles. The molecule has 12 atom stereocenters. The Hall–Kier alpha value is -2.55. The van der Waals surface area contributed by atoms with Gasteiger partial charge < -0.3 is 69.3 Å². The Morgan fingerprint density at radius 1 is 0.913 bits per heavy atom. The summed E-state index contributed by atoms with van der Waals surface area (Å²) in [4.78, 5) is 35.2. The number of hydrogen-bond acceptors (Lipinski definition) is 16. The number of carbonyl (C=O) groups excluding carboxylic acids is 2. The van der Waals surface area contributed by atoms with Crippen LogP contribution in [-0.2, 0) is 42.8 Å². The molecular weight excluding hydrogens is 620 g/mol. The molecule has 17 heteroatoms. The number of rotatable bonds is 16. The van der Waals surface area contributed by atoms with Crippen molar-refractivity contribution in [3.05, 3.63) is 24.3 Å². The van der Waals surface area contributed by atoms with Gasteiger partial charge in [-0.3, -0.25) is 9.59 Å². The number of hydrogen-bond donors (Lipinski definition) is 8. The molecule has 2 aliphatic rings. The lowest BCUT2D eigenvalue weighted by Gasteiger charge is -2.47. The van der Waals surface area contributed by atoms with Gasteiger partial charge in [-0.05, 0) is 33.6 Å². The highest BCUT2D eigenvalue weighted by atomic mass is 16.7. The maximum atomic E-state index is 12.5. The number of aliphatic hydroxyl groups excluding tert-OH is 6. The van der Waals surface area contributed by atoms with E-state index >= 15 is 0 Å². The van der Waals surface area contributed by atoms with Crippen LogP contribution in [0, 0.1) is 0 Å². The summed E-state index contributed by atoms with van der Waals surface area (Å²) in [6, 6.07) is 0. The Labute approximate surface area is 265 Å². The number of methoxy groups -OCH3 is 1. The maximum absolute atomic E-state index is 12.5. The summed E-state index contributed by atoms with van der Waals surface area (Å²) in [6.45, 7) is 6.54. The van der Waals surface area contributed by atoms with E-state index in [1.165, 1.54) is 13.2 Å². The largest absolute Gasteiger partial charge is 0.481 e. The summed E-state index contributed by atoms with van der Waals surface area (Å²) in [6.07, 6.45) is -15.0. The normalized spacial score (nSPS) is 34.5. The van der Waals surface area contributed by atoms with Gasteiger partial charge in [-0.25, -0.2) is 4.79 Å². The molecule has 0 aromatic carbocycles. The van der Waals surface area contributed by atoms with Crippen molar-refractivity contribution in [1.29, 1.82) is 0 Å². The molecule has 8 N–H and O–H groups in total. The zero-order valence-corrected chi connectivity index (χ0v) is 26.1. The summed E-state index contributed by atoms with van der Waals surface area (Å²) in [7, 11) is 1.24. The third kappa shape index (κ3) is 10.7. The molecule has 2 rings (SSSR count). The van der Waals surface area contributed by atoms with Gasteiger partial charge in [0.25, 0.3) is 0 Å². The van der Waals surface area contributed by atoms with E-state index in [2.05, 4.69) is 11.3 Å². The smallest absolute Gasteiger partial charge is 0.333 e. The Balaban J connectivity index is 2.29. The third-order valence-electron chi connectivity index (χ3n) is 7.66. The second kappa shape index (κ2) is 17.0. The number of allylic oxidation sites excluding steroid dienone is 1. The molecule has 17 nitrogen and oxygen atoms in total. The zero-order valence-electron chi connectivity index (χ0n) is 26.1. The summed E-state index contributed by atoms with van der Waals surface area (Å²) >= 11 is 0. The van der Waals surface area contributed by atoms with Gasteiger partial charge in [-0.2, -0.15) is 0 Å². The van der Waals surface area contributed by atoms with Crippen molar-refractivity contribution < 1.29 is 83.7 Å². The zero-order chi connectivity index (χ0) is 35.0. The van der Waals surface area contributed by atoms with E-state index in [-0.39, 0.29) is 6.42 Å². The van der Waals surface area contributed by atoms with E-state index in [4.69, 9.17) is 28.8 Å². The van der Waals surface area contributed by atoms with Crippen molar-refractivity contribution in [3.8, 4) is 0 Å². The van der Waals surface area contributed by atoms with Crippen LogP contribution in [0.2, 0.25) is 0 Å². The summed E-state index contributed by atoms with van der Waals surface area (Å²) in [5.74, 6) is -2.94. The lowest BCUT2D eigenvalue weighted by molar-refractivity contribution is -0.366. The molecule has 0 radical (unpaired) electrons. The molecule has 2 fully saturated rings. The summed E-state index contributed by atoms with van der Waals surface area (Å²) in [5.41, 5.74) is -2.83. The van der Waals surface area contributed by atoms with Gasteiger partial charge >= 0.3 is 17.9 Å². The molecule has 2 aliphatic heterocycles. The van der Waals surface area contributed by atoms with E-state index in [0.29, 0.717) is 12.0 Å². The molecular formula is C29H46O17. The van der Waals surface area contributed by atoms with Crippen LogP contribution in [-0.4, -0.2) is 152 Å². The number of carboxylic acid groups (broad SMARTS) is 1. The Morgan fingerprint density at radius 3 is 2.09 bits per heavy atom. The van der Waals surface area contributed by atoms with Crippen molar-refractivity contribution >= 4 is 17.9 Å². The van der Waals surface area contributed by atoms with Crippen LogP contribution in [0.3, 0.4) is 0 Å². The molecule has 0 bridgehead atoms. The third-order valence-corrected chi connectivity index (χ3v) is 7.66. The average Bonchev–Trinajstić information content (AvgIpc) is 2.98. The molecule has 0 spiro atoms. The Morgan fingerprint density at radius 2 is 1.52 bits per heavy atom. The van der Waals surface area contributed by atoms with Crippen LogP contribution in [0.25, 0.3) is 0 Å². The van der Waals surface area contributed by atoms with E-state index in [0.717, 1.165) is 6.92 Å². The number of ether oxygens (including phenoxy) is 6. The molecule has 0 amide bonds. The van der Waals surface area contributed by atoms with Gasteiger partial charge in [0.2, 0.25) is 0 Å². The highest BCUT2D eigenvalue weighted by Gasteiger charge is 2.52. The van der Waals surface area contributed by atoms with Crippen molar-refractivity contribution in [3.63, 3.8) is 0 Å². The Kier molecular flexibility index (Phi) is 14.7. The van der Waals surface area contributed by atoms with Gasteiger partial charge in [-0.1, -0.05) is 12.2 Å². The first-order valence-electron chi connectivity index (χ1n) is 14.5. The molecule has 264 valence electrons. The second-order valence-electron chi connectivity index (χ2n) is 11.8. The highest BCUT2D eigenvalue weighted by molar-refractivity contribution is 5.87. The average molecular weight is 667 g/mol. The number of aliphatic hydroxyl groups is 7. The topological polar surface area (TPSA) is 268 Å². The van der Waals surface area contributed by atoms with E-state index in [1.54, 1.807) is 19.9 Å². The van der Waals surface area contributed by atoms with Crippen LogP contribution < -0.4 is 0 Å². The van der Waals surface area contributed by atoms with Crippen molar-refractivity contribution in [2.45, 2.75) is 119 Å². The molecule has 0 aromatic heterocycles. The van der Waals surface area contributed by atoms with Gasteiger partial charge in [0.15, 0.2) is 12.6 Å². The van der Waals surface area contributed by atoms with Crippen molar-refractivity contribution in [1.82, 2.24) is 0 Å². The lowest BCUT2D eigenvalue weighted by Crippen LogP contribution is -2.65. The van der Waals surface area contributed by atoms with Crippen LogP contribution in [0.15, 0.2) is 24.3 Å². The van der Waals surface area contributed by atoms with E-state index in [9.17, 15) is 50.1 Å². The number of carboxylic acids is 1. The molecule has 2 heterocycles. The SMILES string of the molecule is C=C[C@@](C)(CC/C=C(\C)C(=O)OC)O[C@H]1O[C@@H](COC(=O)C[C@@](C)(O)CC(=O)O)[C@H](O[C@@H]2O[C@H](CO)[C@@H](O)[C@H](O)[C@@H]2O)[C@@H](O)[C@@H]1O. The first-order chi connectivity index (χ1) is 21.4. The van der Waals surface area contributed by atoms with Crippen LogP contribution in [0.1, 0.15) is 46.5 Å². The fraction of sp³-hybridized carbons (Fsp3) is 0.759. The number of carbonyl (C=O) groups is 3. The van der Waals surface area contributed by atoms with Crippen LogP contribution >= 0.6 is 0 Å². The van der Waals surface area contributed by atoms with Crippen LogP contribution in [0.5, 0.6) is 0 Å². The standard InChI is InChI=1S/C29H46O17/c1-6-29(4,9-7-8-14(2)25(39)41-5)46-27-23(38)21(36)24(45-26-22(37)20(35)19(34)15(12-30)43-26)16(44-27)13-42-18(33)11-28(3,40)10-17(31)32/h6,8,15-16,19-24,26-27,30,34-38,40H,1,7,9-13H2,2-5H3,(H,31,32)/b14-8+/t15-,16+,19-,20+,21+,22+,23+,24+,26+,27-,28+,29+/m1/s1. The van der Waals surface area contributed by atoms with Gasteiger partial charge in [0.1, 0.15) is 55.4 Å². The highest BCUT2D eigenvalue weighted by Crippen LogP contribution is 2.33. The summed E-state index contributed by atoms with van der Waals surface area (Å²) < 4.78 is 32.7. The minimum Gasteiger partial charge on any atom is -0.481 e. The summed E-state index contributed by atoms with van der Waals surface area (Å²) in [5, 5.41) is 81.5. The van der Waals surface area contributed by atoms with Crippen LogP contribution in [0.4, 0.5) is 0 Å². The quantitative estimate of drug-likeness (QED) is 0.0486. The maximum Gasteiger partial charge on any atom is 0.333 e. The minimum atomic E-state index is -1.96. The monoisotopic (exact) mass is 666 g/mol. The Bertz CT molecular complexity index is 1080. The second-order valence-corrected chi connectivity index (χ2v) is 11.8. The van der Waals surface area contributed by atoms with E-state index in [1.807, 2.05) is 0 Å².